The van der Waals surface area contributed by atoms with E-state index in [4.69, 9.17) is 13.8 Å². The normalized spacial score (nSPS) is 13.4. The van der Waals surface area contributed by atoms with Gasteiger partial charge in [0.2, 0.25) is 5.91 Å². The number of carbonyl (C=O) groups is 2. The van der Waals surface area contributed by atoms with Crippen molar-refractivity contribution in [1.29, 1.82) is 0 Å². The van der Waals surface area contributed by atoms with Crippen molar-refractivity contribution in [2.75, 3.05) is 26.4 Å². The third-order valence-electron chi connectivity index (χ3n) is 10.1. The van der Waals surface area contributed by atoms with Crippen LogP contribution in [0.3, 0.4) is 0 Å². The molecule has 330 valence electrons. The van der Waals surface area contributed by atoms with Crippen LogP contribution in [0.5, 0.6) is 0 Å². The van der Waals surface area contributed by atoms with Crippen molar-refractivity contribution in [3.05, 3.63) is 24.3 Å². The van der Waals surface area contributed by atoms with E-state index >= 15 is 0 Å². The number of rotatable bonds is 44. The number of allylic oxidation sites excluding steroid dienone is 4. The quantitative estimate of drug-likeness (QED) is 0.0240. The van der Waals surface area contributed by atoms with E-state index in [1.807, 2.05) is 0 Å². The molecule has 0 spiro atoms. The fourth-order valence-electron chi connectivity index (χ4n) is 6.59. The van der Waals surface area contributed by atoms with Crippen molar-refractivity contribution in [2.24, 2.45) is 0 Å². The summed E-state index contributed by atoms with van der Waals surface area (Å²) in [5, 5.41) is 12.7. The van der Waals surface area contributed by atoms with Crippen molar-refractivity contribution in [1.82, 2.24) is 5.32 Å². The molecule has 1 amide bonds. The first-order valence-electron chi connectivity index (χ1n) is 23.3. The van der Waals surface area contributed by atoms with Crippen LogP contribution in [0.2, 0.25) is 0 Å². The Hall–Kier alpha value is -1.51. The van der Waals surface area contributed by atoms with Gasteiger partial charge in [0.25, 0.3) is 0 Å². The van der Waals surface area contributed by atoms with Gasteiger partial charge >= 0.3 is 13.8 Å². The van der Waals surface area contributed by atoms with Gasteiger partial charge in [-0.25, -0.2) is 4.57 Å². The van der Waals surface area contributed by atoms with Crippen LogP contribution < -0.4 is 5.32 Å². The highest BCUT2D eigenvalue weighted by Gasteiger charge is 2.23. The molecule has 0 aromatic carbocycles. The van der Waals surface area contributed by atoms with Crippen LogP contribution in [0.1, 0.15) is 226 Å². The molecule has 0 aliphatic carbocycles. The molecule has 9 nitrogen and oxygen atoms in total. The molecule has 0 aromatic heterocycles. The molecule has 10 heteroatoms. The number of nitrogens with one attached hydrogen (secondary N) is 1. The maximum absolute atomic E-state index is 12.1. The van der Waals surface area contributed by atoms with E-state index in [-0.39, 0.29) is 32.1 Å². The van der Waals surface area contributed by atoms with Crippen molar-refractivity contribution in [3.63, 3.8) is 0 Å². The Bertz CT molecular complexity index is 975. The van der Waals surface area contributed by atoms with Crippen LogP contribution in [0.4, 0.5) is 0 Å². The summed E-state index contributed by atoms with van der Waals surface area (Å²) in [4.78, 5) is 34.0. The fourth-order valence-corrected chi connectivity index (χ4v) is 7.35. The standard InChI is InChI=1S/C46H88NO8P/c1-3-5-7-9-11-13-15-17-19-21-23-25-27-29-31-33-35-37-39-46(50)53-42-44(48)43-55-56(51,52)54-41-40-47-45(49)38-36-34-32-30-28-26-24-22-20-18-16-14-12-10-8-6-4-2/h13,15,19,21,44,48H,3-12,14,16-18,20,22-43H2,1-2H3,(H,47,49)(H,51,52)/b15-13-,21-19-. The number of hydrogen-bond donors (Lipinski definition) is 3. The Morgan fingerprint density at radius 3 is 1.45 bits per heavy atom. The van der Waals surface area contributed by atoms with E-state index in [1.165, 1.54) is 141 Å². The van der Waals surface area contributed by atoms with E-state index in [9.17, 15) is 24.2 Å². The van der Waals surface area contributed by atoms with Crippen molar-refractivity contribution >= 4 is 19.7 Å². The third-order valence-corrected chi connectivity index (χ3v) is 11.1. The summed E-state index contributed by atoms with van der Waals surface area (Å²) >= 11 is 0. The maximum Gasteiger partial charge on any atom is 0.472 e. The van der Waals surface area contributed by atoms with Crippen molar-refractivity contribution < 1.29 is 37.9 Å². The first-order valence-corrected chi connectivity index (χ1v) is 24.8. The van der Waals surface area contributed by atoms with Gasteiger partial charge in [0.15, 0.2) is 0 Å². The van der Waals surface area contributed by atoms with Gasteiger partial charge in [-0.1, -0.05) is 192 Å². The topological polar surface area (TPSA) is 131 Å². The Morgan fingerprint density at radius 1 is 0.554 bits per heavy atom. The number of phosphoric acid groups is 1. The fraction of sp³-hybridized carbons (Fsp3) is 0.870. The molecule has 0 aliphatic rings. The zero-order valence-corrected chi connectivity index (χ0v) is 37.2. The van der Waals surface area contributed by atoms with Gasteiger partial charge in [0, 0.05) is 19.4 Å². The maximum atomic E-state index is 12.1. The minimum absolute atomic E-state index is 0.0844. The molecule has 0 bridgehead atoms. The molecule has 0 saturated heterocycles. The first-order chi connectivity index (χ1) is 27.3. The van der Waals surface area contributed by atoms with E-state index in [0.29, 0.717) is 6.42 Å². The lowest BCUT2D eigenvalue weighted by Crippen LogP contribution is -2.27. The molecule has 0 saturated carbocycles. The SMILES string of the molecule is CCCCCC/C=C\C/C=C\CCCCCCCCCC(=O)OCC(O)COP(=O)(O)OCCNC(=O)CCCCCCCCCCCCCCCCCCC. The average molecular weight is 814 g/mol. The number of hydrogen-bond acceptors (Lipinski definition) is 7. The van der Waals surface area contributed by atoms with Gasteiger partial charge in [-0.3, -0.25) is 18.6 Å². The monoisotopic (exact) mass is 814 g/mol. The second-order valence-corrected chi connectivity index (χ2v) is 17.2. The molecule has 3 N–H and O–H groups in total. The van der Waals surface area contributed by atoms with Crippen LogP contribution in [0, 0.1) is 0 Å². The van der Waals surface area contributed by atoms with Gasteiger partial charge in [0.05, 0.1) is 13.2 Å². The molecule has 0 radical (unpaired) electrons. The number of unbranched alkanes of at least 4 members (excludes halogenated alkanes) is 27. The Morgan fingerprint density at radius 2 is 0.964 bits per heavy atom. The highest BCUT2D eigenvalue weighted by atomic mass is 31.2. The van der Waals surface area contributed by atoms with E-state index in [0.717, 1.165) is 57.8 Å². The lowest BCUT2D eigenvalue weighted by atomic mass is 10.0. The highest BCUT2D eigenvalue weighted by molar-refractivity contribution is 7.47. The number of phosphoric ester groups is 1. The molecule has 56 heavy (non-hydrogen) atoms. The van der Waals surface area contributed by atoms with Crippen LogP contribution >= 0.6 is 7.82 Å². The summed E-state index contributed by atoms with van der Waals surface area (Å²) < 4.78 is 26.9. The molecule has 2 unspecified atom stereocenters. The number of ether oxygens (including phenoxy) is 1. The lowest BCUT2D eigenvalue weighted by molar-refractivity contribution is -0.147. The third kappa shape index (κ3) is 43.6. The Labute approximate surface area is 344 Å². The number of carbonyl (C=O) groups excluding carboxylic acids is 2. The Balaban J connectivity index is 3.57. The smallest absolute Gasteiger partial charge is 0.463 e. The second-order valence-electron chi connectivity index (χ2n) is 15.7. The summed E-state index contributed by atoms with van der Waals surface area (Å²) in [5.41, 5.74) is 0. The summed E-state index contributed by atoms with van der Waals surface area (Å²) in [6.45, 7) is 3.56. The summed E-state index contributed by atoms with van der Waals surface area (Å²) in [7, 11) is -4.42. The van der Waals surface area contributed by atoms with Crippen molar-refractivity contribution in [2.45, 2.75) is 232 Å². The van der Waals surface area contributed by atoms with Gasteiger partial charge in [-0.15, -0.1) is 0 Å². The summed E-state index contributed by atoms with van der Waals surface area (Å²) in [6, 6.07) is 0. The minimum Gasteiger partial charge on any atom is -0.463 e. The number of aliphatic hydroxyl groups is 1. The van der Waals surface area contributed by atoms with E-state index in [2.05, 4.69) is 43.5 Å². The first kappa shape index (κ1) is 54.5. The van der Waals surface area contributed by atoms with Crippen LogP contribution in [0.25, 0.3) is 0 Å². The molecule has 0 rings (SSSR count). The number of aliphatic hydroxyl groups excluding tert-OH is 1. The van der Waals surface area contributed by atoms with Gasteiger partial charge in [-0.2, -0.15) is 0 Å². The zero-order valence-electron chi connectivity index (χ0n) is 36.3. The molecule has 0 aliphatic heterocycles. The minimum atomic E-state index is -4.42. The van der Waals surface area contributed by atoms with Gasteiger partial charge in [0.1, 0.15) is 12.7 Å². The lowest BCUT2D eigenvalue weighted by Gasteiger charge is -2.15. The zero-order chi connectivity index (χ0) is 41.1. The van der Waals surface area contributed by atoms with E-state index in [1.54, 1.807) is 0 Å². The molecular formula is C46H88NO8P. The summed E-state index contributed by atoms with van der Waals surface area (Å²) in [6.07, 6.45) is 46.8. The largest absolute Gasteiger partial charge is 0.472 e. The molecule has 0 fully saturated rings. The van der Waals surface area contributed by atoms with Crippen molar-refractivity contribution in [3.8, 4) is 0 Å². The summed E-state index contributed by atoms with van der Waals surface area (Å²) in [5.74, 6) is -0.516. The highest BCUT2D eigenvalue weighted by Crippen LogP contribution is 2.42. The number of esters is 1. The van der Waals surface area contributed by atoms with Gasteiger partial charge in [-0.05, 0) is 44.9 Å². The predicted octanol–water partition coefficient (Wildman–Crippen LogP) is 13.2. The van der Waals surface area contributed by atoms with Crippen LogP contribution in [-0.4, -0.2) is 54.3 Å². The van der Waals surface area contributed by atoms with Crippen LogP contribution in [0.15, 0.2) is 24.3 Å². The predicted molar refractivity (Wildman–Crippen MR) is 234 cm³/mol. The molecular weight excluding hydrogens is 725 g/mol. The molecule has 0 heterocycles. The van der Waals surface area contributed by atoms with Gasteiger partial charge < -0.3 is 20.1 Å². The molecule has 0 aromatic rings. The molecule has 2 atom stereocenters. The average Bonchev–Trinajstić information content (AvgIpc) is 3.18. The Kier molecular flexibility index (Phi) is 41.9. The second kappa shape index (κ2) is 43.1. The number of amides is 1. The van der Waals surface area contributed by atoms with Crippen LogP contribution in [-0.2, 0) is 27.9 Å². The van der Waals surface area contributed by atoms with E-state index < -0.39 is 26.5 Å².